The fourth-order valence-corrected chi connectivity index (χ4v) is 3.02. The molecule has 23 heavy (non-hydrogen) atoms. The third-order valence-corrected chi connectivity index (χ3v) is 4.43. The number of aromatic nitrogens is 2. The summed E-state index contributed by atoms with van der Waals surface area (Å²) >= 11 is 8.75. The van der Waals surface area contributed by atoms with Crippen LogP contribution < -0.4 is 4.90 Å². The van der Waals surface area contributed by atoms with Crippen molar-refractivity contribution in [3.8, 4) is 0 Å². The third kappa shape index (κ3) is 3.26. The zero-order valence-corrected chi connectivity index (χ0v) is 14.5. The number of hydrogen-bond donors (Lipinski definition) is 1. The van der Waals surface area contributed by atoms with E-state index in [-0.39, 0.29) is 39.6 Å². The van der Waals surface area contributed by atoms with Crippen LogP contribution in [0, 0.1) is 11.6 Å². The first-order chi connectivity index (χ1) is 10.8. The normalized spacial score (nSPS) is 22.4. The average Bonchev–Trinajstić information content (AvgIpc) is 2.66. The summed E-state index contributed by atoms with van der Waals surface area (Å²) in [5, 5.41) is 10.3. The SMILES string of the molecule is CC1(O)COCCN(c2nc(Cl)nc3c(F)c(Br)c(F)cc23)C1. The first-order valence-electron chi connectivity index (χ1n) is 6.84. The lowest BCUT2D eigenvalue weighted by atomic mass is 10.1. The predicted octanol–water partition coefficient (Wildman–Crippen LogP) is 2.91. The van der Waals surface area contributed by atoms with E-state index in [2.05, 4.69) is 25.9 Å². The van der Waals surface area contributed by atoms with Crippen LogP contribution in [-0.2, 0) is 4.74 Å². The zero-order chi connectivity index (χ0) is 16.8. The summed E-state index contributed by atoms with van der Waals surface area (Å²) in [5.41, 5.74) is -1.20. The number of benzene rings is 1. The maximum Gasteiger partial charge on any atom is 0.225 e. The van der Waals surface area contributed by atoms with Gasteiger partial charge in [-0.2, -0.15) is 4.98 Å². The average molecular weight is 409 g/mol. The lowest BCUT2D eigenvalue weighted by Gasteiger charge is -2.29. The summed E-state index contributed by atoms with van der Waals surface area (Å²) in [7, 11) is 0. The molecule has 1 fully saturated rings. The lowest BCUT2D eigenvalue weighted by molar-refractivity contribution is -0.0123. The highest BCUT2D eigenvalue weighted by atomic mass is 79.9. The van der Waals surface area contributed by atoms with Gasteiger partial charge in [0.25, 0.3) is 0 Å². The fraction of sp³-hybridized carbons (Fsp3) is 0.429. The molecule has 0 radical (unpaired) electrons. The summed E-state index contributed by atoms with van der Waals surface area (Å²) in [6.07, 6.45) is 0. The van der Waals surface area contributed by atoms with Crippen LogP contribution >= 0.6 is 27.5 Å². The highest BCUT2D eigenvalue weighted by Gasteiger charge is 2.30. The predicted molar refractivity (Wildman–Crippen MR) is 85.8 cm³/mol. The molecule has 0 bridgehead atoms. The van der Waals surface area contributed by atoms with E-state index in [0.29, 0.717) is 13.2 Å². The van der Waals surface area contributed by atoms with E-state index in [4.69, 9.17) is 16.3 Å². The molecule has 5 nitrogen and oxygen atoms in total. The van der Waals surface area contributed by atoms with Gasteiger partial charge in [0.05, 0.1) is 24.2 Å². The Bertz CT molecular complexity index is 776. The summed E-state index contributed by atoms with van der Waals surface area (Å²) in [6, 6.07) is 1.15. The smallest absolute Gasteiger partial charge is 0.225 e. The van der Waals surface area contributed by atoms with E-state index in [1.807, 2.05) is 0 Å². The van der Waals surface area contributed by atoms with Gasteiger partial charge in [0, 0.05) is 11.9 Å². The second-order valence-corrected chi connectivity index (χ2v) is 6.80. The number of hydrogen-bond acceptors (Lipinski definition) is 5. The minimum Gasteiger partial charge on any atom is -0.386 e. The maximum atomic E-state index is 14.3. The molecular formula is C14H13BrClF2N3O2. The van der Waals surface area contributed by atoms with E-state index in [0.717, 1.165) is 6.07 Å². The second kappa shape index (κ2) is 6.08. The van der Waals surface area contributed by atoms with Gasteiger partial charge in [0.1, 0.15) is 22.8 Å². The molecule has 1 N–H and O–H groups in total. The first-order valence-corrected chi connectivity index (χ1v) is 8.01. The van der Waals surface area contributed by atoms with Crippen LogP contribution in [0.15, 0.2) is 10.5 Å². The van der Waals surface area contributed by atoms with Crippen LogP contribution in [0.4, 0.5) is 14.6 Å². The van der Waals surface area contributed by atoms with Crippen molar-refractivity contribution >= 4 is 44.3 Å². The number of ether oxygens (including phenoxy) is 1. The zero-order valence-electron chi connectivity index (χ0n) is 12.1. The molecule has 1 aliphatic rings. The van der Waals surface area contributed by atoms with Gasteiger partial charge in [-0.1, -0.05) is 0 Å². The van der Waals surface area contributed by atoms with Gasteiger partial charge >= 0.3 is 0 Å². The fourth-order valence-electron chi connectivity index (χ4n) is 2.55. The Morgan fingerprint density at radius 3 is 2.91 bits per heavy atom. The Hall–Kier alpha value is -1.09. The van der Waals surface area contributed by atoms with Gasteiger partial charge in [0.2, 0.25) is 5.28 Å². The van der Waals surface area contributed by atoms with Crippen molar-refractivity contribution in [2.45, 2.75) is 12.5 Å². The molecule has 9 heteroatoms. The van der Waals surface area contributed by atoms with E-state index >= 15 is 0 Å². The van der Waals surface area contributed by atoms with Crippen LogP contribution in [0.5, 0.6) is 0 Å². The molecule has 124 valence electrons. The van der Waals surface area contributed by atoms with Crippen molar-refractivity contribution in [1.82, 2.24) is 9.97 Å². The minimum atomic E-state index is -1.12. The first kappa shape index (κ1) is 16.8. The largest absolute Gasteiger partial charge is 0.386 e. The van der Waals surface area contributed by atoms with Crippen molar-refractivity contribution in [1.29, 1.82) is 0 Å². The number of nitrogens with zero attached hydrogens (tertiary/aromatic N) is 3. The summed E-state index contributed by atoms with van der Waals surface area (Å²) < 4.78 is 33.2. The van der Waals surface area contributed by atoms with Crippen molar-refractivity contribution in [3.05, 3.63) is 27.5 Å². The van der Waals surface area contributed by atoms with E-state index in [9.17, 15) is 13.9 Å². The molecule has 0 saturated carbocycles. The Kier molecular flexibility index (Phi) is 4.43. The number of anilines is 1. The standard InChI is InChI=1S/C14H13BrClF2N3O2/c1-14(22)5-21(2-3-23-6-14)12-7-4-8(17)9(15)10(18)11(7)19-13(16)20-12/h4,22H,2-3,5-6H2,1H3. The van der Waals surface area contributed by atoms with Crippen molar-refractivity contribution in [3.63, 3.8) is 0 Å². The topological polar surface area (TPSA) is 58.5 Å². The molecule has 0 aliphatic carbocycles. The van der Waals surface area contributed by atoms with Crippen LogP contribution in [0.2, 0.25) is 5.28 Å². The number of β-amino-alcohol motifs (C(OH)–C–C–N with tert-alkyl or cyclic N) is 1. The number of halogens is 4. The number of aliphatic hydroxyl groups is 1. The van der Waals surface area contributed by atoms with Gasteiger partial charge in [-0.25, -0.2) is 13.8 Å². The second-order valence-electron chi connectivity index (χ2n) is 5.67. The van der Waals surface area contributed by atoms with E-state index < -0.39 is 17.2 Å². The molecule has 1 atom stereocenters. The van der Waals surface area contributed by atoms with Crippen molar-refractivity contribution in [2.24, 2.45) is 0 Å². The third-order valence-electron chi connectivity index (χ3n) is 3.53. The molecule has 3 rings (SSSR count). The Morgan fingerprint density at radius 1 is 1.43 bits per heavy atom. The molecule has 0 spiro atoms. The highest BCUT2D eigenvalue weighted by molar-refractivity contribution is 9.10. The summed E-state index contributed by atoms with van der Waals surface area (Å²) in [4.78, 5) is 9.65. The summed E-state index contributed by atoms with van der Waals surface area (Å²) in [6.45, 7) is 2.72. The van der Waals surface area contributed by atoms with Gasteiger partial charge in [-0.05, 0) is 40.5 Å². The molecule has 1 aliphatic heterocycles. The molecule has 2 aromatic rings. The Morgan fingerprint density at radius 2 is 2.17 bits per heavy atom. The van der Waals surface area contributed by atoms with Crippen LogP contribution in [-0.4, -0.2) is 47.0 Å². The van der Waals surface area contributed by atoms with Crippen LogP contribution in [0.1, 0.15) is 6.92 Å². The summed E-state index contributed by atoms with van der Waals surface area (Å²) in [5.74, 6) is -1.35. The highest BCUT2D eigenvalue weighted by Crippen LogP contribution is 2.33. The monoisotopic (exact) mass is 407 g/mol. The van der Waals surface area contributed by atoms with E-state index in [1.54, 1.807) is 11.8 Å². The van der Waals surface area contributed by atoms with E-state index in [1.165, 1.54) is 0 Å². The quantitative estimate of drug-likeness (QED) is 0.581. The lowest BCUT2D eigenvalue weighted by Crippen LogP contribution is -2.42. The Labute approximate surface area is 144 Å². The molecule has 1 aromatic carbocycles. The molecule has 1 unspecified atom stereocenters. The molecule has 0 amide bonds. The van der Waals surface area contributed by atoms with Crippen molar-refractivity contribution in [2.75, 3.05) is 31.2 Å². The van der Waals surface area contributed by atoms with Gasteiger partial charge in [-0.15, -0.1) is 0 Å². The number of fused-ring (bicyclic) bond motifs is 1. The Balaban J connectivity index is 2.20. The maximum absolute atomic E-state index is 14.3. The minimum absolute atomic E-state index is 0.0851. The van der Waals surface area contributed by atoms with Crippen LogP contribution in [0.3, 0.4) is 0 Å². The van der Waals surface area contributed by atoms with Crippen LogP contribution in [0.25, 0.3) is 10.9 Å². The molecular weight excluding hydrogens is 396 g/mol. The molecule has 1 saturated heterocycles. The van der Waals surface area contributed by atoms with Gasteiger partial charge in [-0.3, -0.25) is 0 Å². The van der Waals surface area contributed by atoms with Gasteiger partial charge < -0.3 is 14.7 Å². The molecule has 2 heterocycles. The van der Waals surface area contributed by atoms with Crippen molar-refractivity contribution < 1.29 is 18.6 Å². The number of rotatable bonds is 1. The molecule has 1 aromatic heterocycles. The van der Waals surface area contributed by atoms with Gasteiger partial charge in [0.15, 0.2) is 5.82 Å².